The average molecular weight is 385 g/mol. The fraction of sp³-hybridized carbons (Fsp3) is 0.542. The molecule has 4 heteroatoms. The Morgan fingerprint density at radius 1 is 1.00 bits per heavy atom. The van der Waals surface area contributed by atoms with Gasteiger partial charge in [0.25, 0.3) is 0 Å². The summed E-state index contributed by atoms with van der Waals surface area (Å²) in [5.41, 5.74) is 2.21. The molecule has 28 heavy (non-hydrogen) atoms. The van der Waals surface area contributed by atoms with Crippen molar-refractivity contribution in [1.29, 1.82) is 0 Å². The molecule has 150 valence electrons. The van der Waals surface area contributed by atoms with Gasteiger partial charge in [-0.2, -0.15) is 0 Å². The number of halogens is 2. The third kappa shape index (κ3) is 4.27. The van der Waals surface area contributed by atoms with Gasteiger partial charge < -0.3 is 4.74 Å². The minimum atomic E-state index is -0.491. The molecule has 1 atom stereocenters. The number of aromatic nitrogens is 1. The van der Waals surface area contributed by atoms with E-state index in [2.05, 4.69) is 11.1 Å². The number of hydrogen-bond acceptors (Lipinski definition) is 2. The zero-order valence-electron chi connectivity index (χ0n) is 16.4. The first-order valence-electron chi connectivity index (χ1n) is 10.6. The summed E-state index contributed by atoms with van der Waals surface area (Å²) in [5.74, 6) is -0.983. The van der Waals surface area contributed by atoms with Crippen molar-refractivity contribution in [2.45, 2.75) is 75.2 Å². The maximum absolute atomic E-state index is 13.4. The van der Waals surface area contributed by atoms with Crippen molar-refractivity contribution in [3.63, 3.8) is 0 Å². The summed E-state index contributed by atoms with van der Waals surface area (Å²) in [6, 6.07) is 8.07. The molecule has 1 saturated carbocycles. The van der Waals surface area contributed by atoms with E-state index in [9.17, 15) is 8.78 Å². The number of aryl methyl sites for hydroxylation is 1. The van der Waals surface area contributed by atoms with Crippen LogP contribution in [0.1, 0.15) is 68.9 Å². The second-order valence-corrected chi connectivity index (χ2v) is 8.67. The summed E-state index contributed by atoms with van der Waals surface area (Å²) in [6.45, 7) is 0.810. The number of unbranched alkanes of at least 4 members (excludes halogenated alkanes) is 1. The van der Waals surface area contributed by atoms with Crippen LogP contribution in [0.3, 0.4) is 0 Å². The number of benzene rings is 1. The van der Waals surface area contributed by atoms with Gasteiger partial charge in [-0.3, -0.25) is 4.98 Å². The Morgan fingerprint density at radius 3 is 2.50 bits per heavy atom. The second-order valence-electron chi connectivity index (χ2n) is 8.67. The van der Waals surface area contributed by atoms with Gasteiger partial charge in [-0.1, -0.05) is 25.3 Å². The Labute approximate surface area is 166 Å². The second kappa shape index (κ2) is 8.28. The van der Waals surface area contributed by atoms with E-state index in [0.29, 0.717) is 6.42 Å². The summed E-state index contributed by atoms with van der Waals surface area (Å²) >= 11 is 0. The van der Waals surface area contributed by atoms with Crippen molar-refractivity contribution in [2.75, 3.05) is 6.61 Å². The van der Waals surface area contributed by atoms with E-state index >= 15 is 0 Å². The predicted octanol–water partition coefficient (Wildman–Crippen LogP) is 6.13. The summed E-state index contributed by atoms with van der Waals surface area (Å²) in [6.07, 6.45) is 14.5. The number of rotatable bonds is 6. The van der Waals surface area contributed by atoms with Crippen LogP contribution < -0.4 is 0 Å². The molecule has 1 aliphatic heterocycles. The Bertz CT molecular complexity index is 768. The lowest BCUT2D eigenvalue weighted by atomic mass is 9.66. The van der Waals surface area contributed by atoms with Gasteiger partial charge >= 0.3 is 0 Å². The molecule has 2 nitrogen and oxygen atoms in total. The highest BCUT2D eigenvalue weighted by atomic mass is 19.1. The van der Waals surface area contributed by atoms with Gasteiger partial charge in [0, 0.05) is 30.5 Å². The topological polar surface area (TPSA) is 22.1 Å². The van der Waals surface area contributed by atoms with E-state index in [4.69, 9.17) is 4.74 Å². The number of hydrogen-bond donors (Lipinski definition) is 0. The Hall–Kier alpha value is -1.81. The van der Waals surface area contributed by atoms with Gasteiger partial charge in [-0.15, -0.1) is 0 Å². The molecule has 1 spiro atoms. The molecule has 2 heterocycles. The number of nitrogens with zero attached hydrogens (tertiary/aromatic N) is 1. The molecule has 0 radical (unpaired) electrons. The molecule has 1 aromatic heterocycles. The van der Waals surface area contributed by atoms with Crippen LogP contribution in [-0.2, 0) is 16.6 Å². The molecule has 2 aliphatic rings. The normalized spacial score (nSPS) is 23.9. The first-order chi connectivity index (χ1) is 13.6. The first kappa shape index (κ1) is 19.5. The molecule has 0 amide bonds. The van der Waals surface area contributed by atoms with Crippen molar-refractivity contribution >= 4 is 0 Å². The average Bonchev–Trinajstić information content (AvgIpc) is 3.13. The van der Waals surface area contributed by atoms with E-state index in [-0.39, 0.29) is 11.0 Å². The van der Waals surface area contributed by atoms with Crippen LogP contribution in [0.2, 0.25) is 0 Å². The highest BCUT2D eigenvalue weighted by molar-refractivity contribution is 5.25. The van der Waals surface area contributed by atoms with Gasteiger partial charge in [0.05, 0.1) is 5.60 Å². The van der Waals surface area contributed by atoms with Gasteiger partial charge in [0.2, 0.25) is 0 Å². The lowest BCUT2D eigenvalue weighted by Gasteiger charge is -2.47. The Balaban J connectivity index is 1.45. The van der Waals surface area contributed by atoms with Crippen LogP contribution in [0.4, 0.5) is 8.78 Å². The molecule has 2 fully saturated rings. The quantitative estimate of drug-likeness (QED) is 0.558. The highest BCUT2D eigenvalue weighted by Crippen LogP contribution is 2.50. The van der Waals surface area contributed by atoms with Crippen LogP contribution in [0.25, 0.3) is 0 Å². The smallest absolute Gasteiger partial charge is 0.126 e. The van der Waals surface area contributed by atoms with Gasteiger partial charge in [0.15, 0.2) is 0 Å². The Kier molecular flexibility index (Phi) is 5.77. The zero-order chi connectivity index (χ0) is 19.5. The maximum atomic E-state index is 13.4. The zero-order valence-corrected chi connectivity index (χ0v) is 16.4. The molecule has 4 rings (SSSR count). The van der Waals surface area contributed by atoms with Crippen molar-refractivity contribution in [3.05, 3.63) is 65.5 Å². The largest absolute Gasteiger partial charge is 0.375 e. The predicted molar refractivity (Wildman–Crippen MR) is 106 cm³/mol. The molecule has 1 aliphatic carbocycles. The summed E-state index contributed by atoms with van der Waals surface area (Å²) < 4.78 is 33.1. The van der Waals surface area contributed by atoms with Crippen molar-refractivity contribution in [2.24, 2.45) is 0 Å². The van der Waals surface area contributed by atoms with Crippen LogP contribution in [-0.4, -0.2) is 17.2 Å². The van der Waals surface area contributed by atoms with Gasteiger partial charge in [0.1, 0.15) is 11.6 Å². The molecule has 1 saturated heterocycles. The minimum absolute atomic E-state index is 0.0414. The summed E-state index contributed by atoms with van der Waals surface area (Å²) in [7, 11) is 0. The fourth-order valence-corrected chi connectivity index (χ4v) is 5.39. The number of pyridine rings is 1. The molecule has 0 N–H and O–H groups in total. The van der Waals surface area contributed by atoms with Crippen LogP contribution in [0.15, 0.2) is 42.7 Å². The van der Waals surface area contributed by atoms with E-state index in [1.54, 1.807) is 0 Å². The SMILES string of the molecule is Fc1cc(F)cc(CCCC[C@@]2(c3cccnc3)CCOC3(CCCC3)C2)c1. The van der Waals surface area contributed by atoms with Gasteiger partial charge in [-0.05, 0) is 74.3 Å². The van der Waals surface area contributed by atoms with Crippen molar-refractivity contribution in [1.82, 2.24) is 4.98 Å². The summed E-state index contributed by atoms with van der Waals surface area (Å²) in [5, 5.41) is 0. The van der Waals surface area contributed by atoms with E-state index in [1.807, 2.05) is 18.5 Å². The third-order valence-corrected chi connectivity index (χ3v) is 6.73. The van der Waals surface area contributed by atoms with E-state index in [0.717, 1.165) is 63.2 Å². The minimum Gasteiger partial charge on any atom is -0.375 e. The van der Waals surface area contributed by atoms with Crippen molar-refractivity contribution < 1.29 is 13.5 Å². The first-order valence-corrected chi connectivity index (χ1v) is 10.6. The monoisotopic (exact) mass is 385 g/mol. The molecule has 2 aromatic rings. The van der Waals surface area contributed by atoms with Gasteiger partial charge in [-0.25, -0.2) is 8.78 Å². The standard InChI is InChI=1S/C24H29F2NO/c25-21-14-19(15-22(26)16-21)6-1-2-8-23(20-7-5-12-27-17-20)11-13-28-24(18-23)9-3-4-10-24/h5,7,12,14-17H,1-4,6,8-11,13,18H2/t23-/m1/s1. The molecular weight excluding hydrogens is 356 g/mol. The number of ether oxygens (including phenoxy) is 1. The van der Waals surface area contributed by atoms with Crippen molar-refractivity contribution in [3.8, 4) is 0 Å². The van der Waals surface area contributed by atoms with Crippen LogP contribution in [0.5, 0.6) is 0 Å². The van der Waals surface area contributed by atoms with E-state index < -0.39 is 11.6 Å². The Morgan fingerprint density at radius 2 is 1.79 bits per heavy atom. The molecular formula is C24H29F2NO. The lowest BCUT2D eigenvalue weighted by molar-refractivity contribution is -0.104. The summed E-state index contributed by atoms with van der Waals surface area (Å²) in [4.78, 5) is 4.39. The van der Waals surface area contributed by atoms with E-state index in [1.165, 1.54) is 30.5 Å². The molecule has 0 bridgehead atoms. The van der Waals surface area contributed by atoms with Crippen LogP contribution in [0, 0.1) is 11.6 Å². The third-order valence-electron chi connectivity index (χ3n) is 6.73. The lowest BCUT2D eigenvalue weighted by Crippen LogP contribution is -2.46. The fourth-order valence-electron chi connectivity index (χ4n) is 5.39. The highest BCUT2D eigenvalue weighted by Gasteiger charge is 2.47. The maximum Gasteiger partial charge on any atom is 0.126 e. The molecule has 0 unspecified atom stereocenters. The molecule has 1 aromatic carbocycles. The van der Waals surface area contributed by atoms with Crippen LogP contribution >= 0.6 is 0 Å².